The van der Waals surface area contributed by atoms with Crippen LogP contribution < -0.4 is 19.8 Å². The Kier molecular flexibility index (Phi) is 4.29. The van der Waals surface area contributed by atoms with Gasteiger partial charge in [-0.15, -0.1) is 0 Å². The van der Waals surface area contributed by atoms with Gasteiger partial charge in [0, 0.05) is 22.2 Å². The van der Waals surface area contributed by atoms with Gasteiger partial charge in [-0.05, 0) is 36.4 Å². The van der Waals surface area contributed by atoms with Crippen molar-refractivity contribution in [3.63, 3.8) is 0 Å². The molecular weight excluding hydrogens is 394 g/mol. The quantitative estimate of drug-likeness (QED) is 0.441. The fourth-order valence-electron chi connectivity index (χ4n) is 4.29. The molecule has 0 aliphatic heterocycles. The largest absolute Gasteiger partial charge is 0.497 e. The lowest BCUT2D eigenvalue weighted by molar-refractivity contribution is 0.104. The second kappa shape index (κ2) is 7.02. The Labute approximate surface area is 178 Å². The van der Waals surface area contributed by atoms with Gasteiger partial charge in [-0.3, -0.25) is 14.2 Å². The summed E-state index contributed by atoms with van der Waals surface area (Å²) in [5, 5.41) is 0.848. The van der Waals surface area contributed by atoms with Crippen LogP contribution in [0.1, 0.15) is 15.9 Å². The van der Waals surface area contributed by atoms with E-state index in [1.165, 1.54) is 14.2 Å². The van der Waals surface area contributed by atoms with Gasteiger partial charge in [-0.1, -0.05) is 24.3 Å². The predicted octanol–water partition coefficient (Wildman–Crippen LogP) is 4.23. The van der Waals surface area contributed by atoms with Crippen LogP contribution in [0.15, 0.2) is 65.5 Å². The highest BCUT2D eigenvalue weighted by molar-refractivity contribution is 6.27. The molecule has 0 unspecified atom stereocenters. The maximum Gasteiger partial charge on any atom is 0.267 e. The third-order valence-corrected chi connectivity index (χ3v) is 5.68. The van der Waals surface area contributed by atoms with E-state index in [0.29, 0.717) is 50.5 Å². The molecule has 0 radical (unpaired) electrons. The molecule has 0 atom stereocenters. The zero-order valence-electron chi connectivity index (χ0n) is 17.3. The van der Waals surface area contributed by atoms with Crippen molar-refractivity contribution in [2.75, 3.05) is 21.3 Å². The molecule has 154 valence electrons. The van der Waals surface area contributed by atoms with Gasteiger partial charge < -0.3 is 14.2 Å². The van der Waals surface area contributed by atoms with E-state index in [4.69, 9.17) is 14.2 Å². The molecule has 1 aliphatic rings. The van der Waals surface area contributed by atoms with Gasteiger partial charge in [0.2, 0.25) is 0 Å². The van der Waals surface area contributed by atoms with Gasteiger partial charge in [-0.25, -0.2) is 0 Å². The topological polar surface area (TPSA) is 66.8 Å². The molecule has 0 N–H and O–H groups in total. The summed E-state index contributed by atoms with van der Waals surface area (Å²) in [7, 11) is 4.58. The lowest BCUT2D eigenvalue weighted by atomic mass is 10.0. The number of fused-ring (bicyclic) bond motifs is 5. The lowest BCUT2D eigenvalue weighted by Gasteiger charge is -2.18. The van der Waals surface area contributed by atoms with Gasteiger partial charge in [-0.2, -0.15) is 0 Å². The number of ether oxygens (including phenoxy) is 3. The fraction of sp³-hybridized carbons (Fsp3) is 0.120. The molecule has 1 aliphatic carbocycles. The molecular formula is C25H19NO5. The van der Waals surface area contributed by atoms with Crippen LogP contribution in [0, 0.1) is 0 Å². The first kappa shape index (κ1) is 18.9. The molecule has 0 spiro atoms. The van der Waals surface area contributed by atoms with E-state index in [1.54, 1.807) is 54.1 Å². The number of hydrogen-bond acceptors (Lipinski definition) is 5. The van der Waals surface area contributed by atoms with Crippen LogP contribution in [0.4, 0.5) is 0 Å². The van der Waals surface area contributed by atoms with Crippen molar-refractivity contribution in [1.82, 2.24) is 4.57 Å². The number of ketones is 1. The molecule has 0 amide bonds. The standard InChI is InChI=1S/C25H19NO5/c1-29-15-10-8-14(9-11-15)26-22-16-6-4-5-7-17(16)23(27)20(22)18-12-13-19(30-2)24(31-3)21(18)25(26)28/h4-13H,1-3H3. The van der Waals surface area contributed by atoms with E-state index in [2.05, 4.69) is 0 Å². The third kappa shape index (κ3) is 2.58. The normalized spacial score (nSPS) is 11.9. The number of hydrogen-bond donors (Lipinski definition) is 0. The average Bonchev–Trinajstić information content (AvgIpc) is 3.11. The molecule has 0 saturated carbocycles. The number of benzene rings is 3. The highest BCUT2D eigenvalue weighted by Gasteiger charge is 2.34. The maximum atomic E-state index is 13.9. The van der Waals surface area contributed by atoms with Crippen LogP contribution in [-0.2, 0) is 0 Å². The number of methoxy groups -OCH3 is 3. The molecule has 1 aromatic heterocycles. The average molecular weight is 413 g/mol. The second-order valence-electron chi connectivity index (χ2n) is 7.16. The van der Waals surface area contributed by atoms with Gasteiger partial charge >= 0.3 is 0 Å². The predicted molar refractivity (Wildman–Crippen MR) is 118 cm³/mol. The number of pyridine rings is 1. The maximum absolute atomic E-state index is 13.9. The van der Waals surface area contributed by atoms with Crippen molar-refractivity contribution in [1.29, 1.82) is 0 Å². The minimum Gasteiger partial charge on any atom is -0.497 e. The molecule has 6 heteroatoms. The summed E-state index contributed by atoms with van der Waals surface area (Å²) in [5.41, 5.74) is 2.69. The molecule has 31 heavy (non-hydrogen) atoms. The van der Waals surface area contributed by atoms with Crippen molar-refractivity contribution >= 4 is 16.6 Å². The Morgan fingerprint density at radius 2 is 1.45 bits per heavy atom. The Bertz CT molecular complexity index is 1420. The summed E-state index contributed by atoms with van der Waals surface area (Å²) in [6.07, 6.45) is 0. The fourth-order valence-corrected chi connectivity index (χ4v) is 4.29. The van der Waals surface area contributed by atoms with Gasteiger partial charge in [0.1, 0.15) is 5.75 Å². The van der Waals surface area contributed by atoms with E-state index in [0.717, 1.165) is 5.56 Å². The van der Waals surface area contributed by atoms with Crippen LogP contribution in [0.2, 0.25) is 0 Å². The molecule has 6 nitrogen and oxygen atoms in total. The Morgan fingerprint density at radius 1 is 0.742 bits per heavy atom. The molecule has 0 fully saturated rings. The number of nitrogens with zero attached hydrogens (tertiary/aromatic N) is 1. The third-order valence-electron chi connectivity index (χ3n) is 5.68. The first-order chi connectivity index (χ1) is 15.1. The highest BCUT2D eigenvalue weighted by Crippen LogP contribution is 2.43. The van der Waals surface area contributed by atoms with Crippen molar-refractivity contribution in [2.45, 2.75) is 0 Å². The van der Waals surface area contributed by atoms with E-state index in [-0.39, 0.29) is 11.3 Å². The number of carbonyl (C=O) groups is 1. The number of carbonyl (C=O) groups excluding carboxylic acids is 1. The first-order valence-corrected chi connectivity index (χ1v) is 9.73. The summed E-state index contributed by atoms with van der Waals surface area (Å²) in [5.74, 6) is 1.28. The van der Waals surface area contributed by atoms with Gasteiger partial charge in [0.05, 0.1) is 38.0 Å². The van der Waals surface area contributed by atoms with E-state index in [1.807, 2.05) is 18.2 Å². The Morgan fingerprint density at radius 3 is 2.10 bits per heavy atom. The van der Waals surface area contributed by atoms with Crippen LogP contribution in [-0.4, -0.2) is 31.7 Å². The zero-order valence-corrected chi connectivity index (χ0v) is 17.3. The smallest absolute Gasteiger partial charge is 0.267 e. The Hall–Kier alpha value is -4.06. The monoisotopic (exact) mass is 413 g/mol. The van der Waals surface area contributed by atoms with Crippen molar-refractivity contribution in [3.05, 3.63) is 82.1 Å². The van der Waals surface area contributed by atoms with Crippen molar-refractivity contribution in [2.24, 2.45) is 0 Å². The summed E-state index contributed by atoms with van der Waals surface area (Å²) in [6, 6.07) is 18.0. The molecule has 3 aromatic carbocycles. The number of rotatable bonds is 4. The summed E-state index contributed by atoms with van der Waals surface area (Å²) in [6.45, 7) is 0. The van der Waals surface area contributed by atoms with Crippen LogP contribution in [0.5, 0.6) is 17.2 Å². The second-order valence-corrected chi connectivity index (χ2v) is 7.16. The minimum atomic E-state index is -0.292. The van der Waals surface area contributed by atoms with Gasteiger partial charge in [0.15, 0.2) is 17.3 Å². The summed E-state index contributed by atoms with van der Waals surface area (Å²) < 4.78 is 17.8. The summed E-state index contributed by atoms with van der Waals surface area (Å²) >= 11 is 0. The molecule has 5 rings (SSSR count). The summed E-state index contributed by atoms with van der Waals surface area (Å²) in [4.78, 5) is 27.3. The first-order valence-electron chi connectivity index (χ1n) is 9.73. The SMILES string of the molecule is COc1ccc(-n2c3c(c4ccc(OC)c(OC)c4c2=O)C(=O)c2ccccc2-3)cc1. The zero-order chi connectivity index (χ0) is 21.7. The highest BCUT2D eigenvalue weighted by atomic mass is 16.5. The van der Waals surface area contributed by atoms with E-state index in [9.17, 15) is 9.59 Å². The molecule has 0 saturated heterocycles. The molecule has 1 heterocycles. The van der Waals surface area contributed by atoms with Crippen LogP contribution in [0.3, 0.4) is 0 Å². The number of aromatic nitrogens is 1. The minimum absolute atomic E-state index is 0.120. The van der Waals surface area contributed by atoms with Gasteiger partial charge in [0.25, 0.3) is 5.56 Å². The van der Waals surface area contributed by atoms with E-state index >= 15 is 0 Å². The molecule has 4 aromatic rings. The molecule has 0 bridgehead atoms. The van der Waals surface area contributed by atoms with Crippen molar-refractivity contribution < 1.29 is 19.0 Å². The lowest BCUT2D eigenvalue weighted by Crippen LogP contribution is -2.22. The van der Waals surface area contributed by atoms with E-state index < -0.39 is 0 Å². The Balaban J connectivity index is 1.99. The van der Waals surface area contributed by atoms with Crippen molar-refractivity contribution in [3.8, 4) is 34.2 Å². The van der Waals surface area contributed by atoms with Crippen LogP contribution in [0.25, 0.3) is 27.7 Å². The van der Waals surface area contributed by atoms with Crippen LogP contribution >= 0.6 is 0 Å².